The molecule has 1 amide bonds. The first kappa shape index (κ1) is 20.1. The summed E-state index contributed by atoms with van der Waals surface area (Å²) in [7, 11) is -2.69. The molecule has 2 aromatic rings. The van der Waals surface area contributed by atoms with Gasteiger partial charge in [0.2, 0.25) is 0 Å². The topological polar surface area (TPSA) is 48.0 Å². The monoisotopic (exact) mass is 411 g/mol. The van der Waals surface area contributed by atoms with Gasteiger partial charge in [0.1, 0.15) is 0 Å². The molecule has 4 rings (SSSR count). The summed E-state index contributed by atoms with van der Waals surface area (Å²) in [5.41, 5.74) is 0. The van der Waals surface area contributed by atoms with Crippen LogP contribution >= 0.6 is 0 Å². The van der Waals surface area contributed by atoms with Crippen molar-refractivity contribution in [1.29, 1.82) is 0 Å². The fraction of sp³-hybridized carbons (Fsp3) is 0.435. The van der Waals surface area contributed by atoms with E-state index in [-0.39, 0.29) is 30.1 Å². The van der Waals surface area contributed by atoms with Crippen molar-refractivity contribution in [2.45, 2.75) is 44.4 Å². The van der Waals surface area contributed by atoms with Gasteiger partial charge >= 0.3 is 6.09 Å². The van der Waals surface area contributed by atoms with E-state index in [1.54, 1.807) is 4.90 Å². The van der Waals surface area contributed by atoms with Crippen molar-refractivity contribution >= 4 is 24.8 Å². The van der Waals surface area contributed by atoms with Crippen molar-refractivity contribution in [3.8, 4) is 0 Å². The van der Waals surface area contributed by atoms with E-state index in [0.717, 1.165) is 6.42 Å². The van der Waals surface area contributed by atoms with Gasteiger partial charge in [-0.25, -0.2) is 4.79 Å². The predicted molar refractivity (Wildman–Crippen MR) is 115 cm³/mol. The summed E-state index contributed by atoms with van der Waals surface area (Å²) in [6.07, 6.45) is 0.758. The van der Waals surface area contributed by atoms with E-state index in [0.29, 0.717) is 13.2 Å². The summed E-state index contributed by atoms with van der Waals surface area (Å²) in [4.78, 5) is 14.4. The van der Waals surface area contributed by atoms with Gasteiger partial charge in [-0.1, -0.05) is 81.4 Å². The highest BCUT2D eigenvalue weighted by atomic mass is 28.4. The molecule has 5 nitrogen and oxygen atoms in total. The molecular formula is C23H29NO4Si. The largest absolute Gasteiger partial charge is 0.423 e. The molecule has 0 radical (unpaired) electrons. The molecule has 2 aromatic carbocycles. The summed E-state index contributed by atoms with van der Waals surface area (Å²) in [5, 5.41) is 2.19. The number of morpholine rings is 1. The van der Waals surface area contributed by atoms with E-state index in [9.17, 15) is 4.79 Å². The highest BCUT2D eigenvalue weighted by Crippen LogP contribution is 2.36. The molecular weight excluding hydrogens is 382 g/mol. The SMILES string of the molecule is CC(C)(C)[Si](OCOC(=O)N1CC2CC1CO2)(c1ccccc1)c1ccccc1. The quantitative estimate of drug-likeness (QED) is 0.560. The van der Waals surface area contributed by atoms with Gasteiger partial charge in [-0.05, 0) is 21.8 Å². The smallest absolute Gasteiger partial charge is 0.412 e. The molecule has 2 heterocycles. The van der Waals surface area contributed by atoms with E-state index in [1.807, 2.05) is 36.4 Å². The maximum absolute atomic E-state index is 12.6. The molecule has 2 unspecified atom stereocenters. The summed E-state index contributed by atoms with van der Waals surface area (Å²) >= 11 is 0. The van der Waals surface area contributed by atoms with Gasteiger partial charge in [-0.15, -0.1) is 0 Å². The van der Waals surface area contributed by atoms with Crippen LogP contribution in [0.3, 0.4) is 0 Å². The summed E-state index contributed by atoms with van der Waals surface area (Å²) in [5.74, 6) is 0. The lowest BCUT2D eigenvalue weighted by molar-refractivity contribution is -0.00318. The van der Waals surface area contributed by atoms with Gasteiger partial charge in [-0.2, -0.15) is 0 Å². The van der Waals surface area contributed by atoms with Crippen molar-refractivity contribution in [2.75, 3.05) is 19.9 Å². The number of rotatable bonds is 5. The molecule has 2 aliphatic heterocycles. The van der Waals surface area contributed by atoms with E-state index in [4.69, 9.17) is 13.9 Å². The number of likely N-dealkylation sites (tertiary alicyclic amines) is 1. The van der Waals surface area contributed by atoms with E-state index in [2.05, 4.69) is 45.0 Å². The molecule has 2 fully saturated rings. The Morgan fingerprint density at radius 3 is 2.10 bits per heavy atom. The number of carbonyl (C=O) groups is 1. The molecule has 2 atom stereocenters. The van der Waals surface area contributed by atoms with Crippen molar-refractivity contribution in [1.82, 2.24) is 4.90 Å². The minimum Gasteiger partial charge on any atom is -0.423 e. The Kier molecular flexibility index (Phi) is 5.51. The van der Waals surface area contributed by atoms with Gasteiger partial charge in [0.15, 0.2) is 6.79 Å². The van der Waals surface area contributed by atoms with Gasteiger partial charge in [0, 0.05) is 0 Å². The Morgan fingerprint density at radius 2 is 1.66 bits per heavy atom. The standard InChI is InChI=1S/C23H29NO4Si/c1-23(2,3)29(20-10-6-4-7-11-20,21-12-8-5-9-13-21)28-17-27-22(25)24-15-19-14-18(24)16-26-19/h4-13,18-19H,14-17H2,1-3H3. The number of ether oxygens (including phenoxy) is 2. The van der Waals surface area contributed by atoms with Crippen LogP contribution in [0.4, 0.5) is 4.79 Å². The summed E-state index contributed by atoms with van der Waals surface area (Å²) in [6.45, 7) is 7.78. The molecule has 0 saturated carbocycles. The van der Waals surface area contributed by atoms with Gasteiger partial charge < -0.3 is 18.8 Å². The first-order chi connectivity index (χ1) is 13.9. The van der Waals surface area contributed by atoms with E-state index >= 15 is 0 Å². The predicted octanol–water partition coefficient (Wildman–Crippen LogP) is 3.13. The van der Waals surface area contributed by atoms with Crippen molar-refractivity contribution in [3.05, 3.63) is 60.7 Å². The van der Waals surface area contributed by atoms with Crippen molar-refractivity contribution < 1.29 is 18.7 Å². The molecule has 6 heteroatoms. The summed E-state index contributed by atoms with van der Waals surface area (Å²) < 4.78 is 17.8. The van der Waals surface area contributed by atoms with Crippen LogP contribution in [0.15, 0.2) is 60.7 Å². The van der Waals surface area contributed by atoms with Crippen LogP contribution in [0.1, 0.15) is 27.2 Å². The third-order valence-corrected chi connectivity index (χ3v) is 11.0. The number of fused-ring (bicyclic) bond motifs is 2. The number of hydrogen-bond acceptors (Lipinski definition) is 4. The zero-order valence-electron chi connectivity index (χ0n) is 17.3. The molecule has 0 spiro atoms. The number of nitrogens with zero attached hydrogens (tertiary/aromatic N) is 1. The average molecular weight is 412 g/mol. The van der Waals surface area contributed by atoms with Gasteiger partial charge in [0.05, 0.1) is 25.3 Å². The van der Waals surface area contributed by atoms with E-state index in [1.165, 1.54) is 10.4 Å². The van der Waals surface area contributed by atoms with Crippen LogP contribution in [0.25, 0.3) is 0 Å². The Balaban J connectivity index is 1.58. The Morgan fingerprint density at radius 1 is 1.07 bits per heavy atom. The van der Waals surface area contributed by atoms with Crippen LogP contribution in [0, 0.1) is 0 Å². The first-order valence-corrected chi connectivity index (χ1v) is 12.1. The van der Waals surface area contributed by atoms with E-state index < -0.39 is 8.32 Å². The van der Waals surface area contributed by atoms with Crippen LogP contribution in [-0.2, 0) is 13.9 Å². The maximum Gasteiger partial charge on any atom is 0.412 e. The molecule has 154 valence electrons. The third kappa shape index (κ3) is 3.72. The number of amides is 1. The fourth-order valence-corrected chi connectivity index (χ4v) is 9.03. The second-order valence-electron chi connectivity index (χ2n) is 8.83. The molecule has 29 heavy (non-hydrogen) atoms. The number of benzene rings is 2. The van der Waals surface area contributed by atoms with Crippen LogP contribution in [-0.4, -0.2) is 51.4 Å². The molecule has 2 bridgehead atoms. The molecule has 0 aromatic heterocycles. The Bertz CT molecular complexity index is 797. The second-order valence-corrected chi connectivity index (χ2v) is 13.1. The molecule has 2 aliphatic rings. The lowest BCUT2D eigenvalue weighted by Crippen LogP contribution is -2.66. The molecule has 0 N–H and O–H groups in total. The minimum absolute atomic E-state index is 0.0547. The third-order valence-electron chi connectivity index (χ3n) is 6.01. The van der Waals surface area contributed by atoms with Crippen LogP contribution in [0.5, 0.6) is 0 Å². The first-order valence-electron chi connectivity index (χ1n) is 10.2. The lowest BCUT2D eigenvalue weighted by Gasteiger charge is -2.42. The average Bonchev–Trinajstić information content (AvgIpc) is 3.35. The Hall–Kier alpha value is -2.15. The zero-order valence-corrected chi connectivity index (χ0v) is 18.3. The number of carbonyl (C=O) groups excluding carboxylic acids is 1. The Labute approximate surface area is 173 Å². The molecule has 0 aliphatic carbocycles. The van der Waals surface area contributed by atoms with Crippen LogP contribution < -0.4 is 10.4 Å². The number of hydrogen-bond donors (Lipinski definition) is 0. The van der Waals surface area contributed by atoms with Crippen LogP contribution in [0.2, 0.25) is 5.04 Å². The normalized spacial score (nSPS) is 21.4. The minimum atomic E-state index is -2.69. The van der Waals surface area contributed by atoms with Crippen molar-refractivity contribution in [2.24, 2.45) is 0 Å². The van der Waals surface area contributed by atoms with Gasteiger partial charge in [-0.3, -0.25) is 0 Å². The maximum atomic E-state index is 12.6. The highest BCUT2D eigenvalue weighted by Gasteiger charge is 2.50. The van der Waals surface area contributed by atoms with Gasteiger partial charge in [0.25, 0.3) is 8.32 Å². The highest BCUT2D eigenvalue weighted by molar-refractivity contribution is 6.99. The fourth-order valence-electron chi connectivity index (χ4n) is 4.64. The van der Waals surface area contributed by atoms with Crippen molar-refractivity contribution in [3.63, 3.8) is 0 Å². The second kappa shape index (κ2) is 7.93. The zero-order chi connectivity index (χ0) is 20.5. The lowest BCUT2D eigenvalue weighted by atomic mass is 10.2. The summed E-state index contributed by atoms with van der Waals surface area (Å²) in [6, 6.07) is 20.9. The molecule has 2 saturated heterocycles.